The Labute approximate surface area is 113 Å². The molecule has 2 atom stereocenters. The molecule has 0 saturated carbocycles. The molecule has 0 aliphatic heterocycles. The fraction of sp³-hybridized carbons (Fsp3) is 0.647. The molecule has 1 aromatic rings. The van der Waals surface area contributed by atoms with Gasteiger partial charge < -0.3 is 5.32 Å². The third kappa shape index (κ3) is 5.22. The molecule has 1 rings (SSSR count). The summed E-state index contributed by atoms with van der Waals surface area (Å²) in [6.45, 7) is 8.03. The summed E-state index contributed by atoms with van der Waals surface area (Å²) < 4.78 is 0. The molecule has 1 N–H and O–H groups in total. The maximum Gasteiger partial charge on any atom is -0.00202 e. The highest BCUT2D eigenvalue weighted by atomic mass is 14.8. The van der Waals surface area contributed by atoms with Crippen LogP contribution in [-0.4, -0.2) is 13.6 Å². The lowest BCUT2D eigenvalue weighted by molar-refractivity contribution is 0.360. The Morgan fingerprint density at radius 3 is 2.56 bits per heavy atom. The maximum absolute atomic E-state index is 3.35. The quantitative estimate of drug-likeness (QED) is 0.726. The van der Waals surface area contributed by atoms with Crippen LogP contribution in [0.4, 0.5) is 0 Å². The summed E-state index contributed by atoms with van der Waals surface area (Å²) in [5, 5.41) is 3.35. The van der Waals surface area contributed by atoms with Crippen LogP contribution < -0.4 is 5.32 Å². The fourth-order valence-corrected chi connectivity index (χ4v) is 2.86. The van der Waals surface area contributed by atoms with Crippen LogP contribution in [0.1, 0.15) is 44.2 Å². The van der Waals surface area contributed by atoms with Gasteiger partial charge >= 0.3 is 0 Å². The summed E-state index contributed by atoms with van der Waals surface area (Å²) >= 11 is 0. The van der Waals surface area contributed by atoms with Crippen molar-refractivity contribution in [1.29, 1.82) is 0 Å². The number of hydrogen-bond donors (Lipinski definition) is 1. The van der Waals surface area contributed by atoms with E-state index in [0.717, 1.165) is 18.4 Å². The Balaban J connectivity index is 2.59. The van der Waals surface area contributed by atoms with Gasteiger partial charge in [-0.3, -0.25) is 0 Å². The van der Waals surface area contributed by atoms with Crippen molar-refractivity contribution in [3.8, 4) is 0 Å². The molecule has 0 fully saturated rings. The number of aryl methyl sites for hydroxylation is 1. The second kappa shape index (κ2) is 8.31. The van der Waals surface area contributed by atoms with Gasteiger partial charge in [-0.25, -0.2) is 0 Å². The smallest absolute Gasteiger partial charge is 0.00202 e. The van der Waals surface area contributed by atoms with E-state index in [4.69, 9.17) is 0 Å². The van der Waals surface area contributed by atoms with Crippen molar-refractivity contribution >= 4 is 0 Å². The molecule has 2 unspecified atom stereocenters. The van der Waals surface area contributed by atoms with E-state index >= 15 is 0 Å². The molecule has 1 heteroatoms. The monoisotopic (exact) mass is 247 g/mol. The molecular weight excluding hydrogens is 218 g/mol. The zero-order valence-electron chi connectivity index (χ0n) is 12.5. The zero-order chi connectivity index (χ0) is 13.4. The second-order valence-electron chi connectivity index (χ2n) is 5.68. The van der Waals surface area contributed by atoms with Crippen molar-refractivity contribution in [2.45, 2.75) is 46.5 Å². The Bertz CT molecular complexity index is 332. The number of hydrogen-bond acceptors (Lipinski definition) is 1. The standard InChI is InChI=1S/C17H29N/c1-5-8-14(2)11-16(13-18-4)12-17-10-7-6-9-15(17)3/h6-7,9-10,14,16,18H,5,8,11-13H2,1-4H3. The van der Waals surface area contributed by atoms with Gasteiger partial charge in [0.05, 0.1) is 0 Å². The topological polar surface area (TPSA) is 12.0 Å². The average molecular weight is 247 g/mol. The van der Waals surface area contributed by atoms with Crippen LogP contribution in [0.25, 0.3) is 0 Å². The van der Waals surface area contributed by atoms with Crippen molar-refractivity contribution in [2.24, 2.45) is 11.8 Å². The van der Waals surface area contributed by atoms with Gasteiger partial charge in [-0.2, -0.15) is 0 Å². The van der Waals surface area contributed by atoms with Gasteiger partial charge in [0.2, 0.25) is 0 Å². The lowest BCUT2D eigenvalue weighted by Crippen LogP contribution is -2.23. The molecule has 0 heterocycles. The van der Waals surface area contributed by atoms with Crippen molar-refractivity contribution in [3.05, 3.63) is 35.4 Å². The van der Waals surface area contributed by atoms with E-state index in [0.29, 0.717) is 0 Å². The van der Waals surface area contributed by atoms with E-state index in [1.807, 2.05) is 0 Å². The second-order valence-corrected chi connectivity index (χ2v) is 5.68. The summed E-state index contributed by atoms with van der Waals surface area (Å²) in [7, 11) is 2.06. The van der Waals surface area contributed by atoms with Crippen molar-refractivity contribution < 1.29 is 0 Å². The van der Waals surface area contributed by atoms with E-state index in [9.17, 15) is 0 Å². The Morgan fingerprint density at radius 2 is 1.94 bits per heavy atom. The normalized spacial score (nSPS) is 14.4. The van der Waals surface area contributed by atoms with Crippen LogP contribution in [0, 0.1) is 18.8 Å². The molecule has 0 saturated heterocycles. The largest absolute Gasteiger partial charge is 0.319 e. The van der Waals surface area contributed by atoms with Gasteiger partial charge in [0.1, 0.15) is 0 Å². The summed E-state index contributed by atoms with van der Waals surface area (Å²) in [5.41, 5.74) is 2.95. The van der Waals surface area contributed by atoms with E-state index in [1.54, 1.807) is 0 Å². The van der Waals surface area contributed by atoms with Crippen LogP contribution in [0.3, 0.4) is 0 Å². The summed E-state index contributed by atoms with van der Waals surface area (Å²) in [6, 6.07) is 8.80. The van der Waals surface area contributed by atoms with Crippen LogP contribution >= 0.6 is 0 Å². The minimum absolute atomic E-state index is 0.762. The Kier molecular flexibility index (Phi) is 7.04. The first-order valence-electron chi connectivity index (χ1n) is 7.36. The molecule has 0 amide bonds. The first kappa shape index (κ1) is 15.2. The molecule has 0 radical (unpaired) electrons. The molecule has 102 valence electrons. The SMILES string of the molecule is CCCC(C)CC(CNC)Cc1ccccc1C. The zero-order valence-corrected chi connectivity index (χ0v) is 12.5. The average Bonchev–Trinajstić information content (AvgIpc) is 2.32. The fourth-order valence-electron chi connectivity index (χ4n) is 2.86. The predicted molar refractivity (Wildman–Crippen MR) is 81.0 cm³/mol. The van der Waals surface area contributed by atoms with E-state index in [2.05, 4.69) is 57.4 Å². The molecule has 0 aliphatic carbocycles. The van der Waals surface area contributed by atoms with E-state index in [1.165, 1.54) is 36.8 Å². The van der Waals surface area contributed by atoms with Gasteiger partial charge in [-0.05, 0) is 56.3 Å². The van der Waals surface area contributed by atoms with Gasteiger partial charge in [0, 0.05) is 0 Å². The van der Waals surface area contributed by atoms with Gasteiger partial charge in [0.25, 0.3) is 0 Å². The number of benzene rings is 1. The summed E-state index contributed by atoms with van der Waals surface area (Å²) in [5.74, 6) is 1.61. The van der Waals surface area contributed by atoms with Gasteiger partial charge in [-0.1, -0.05) is 51.0 Å². The van der Waals surface area contributed by atoms with E-state index < -0.39 is 0 Å². The number of rotatable bonds is 8. The summed E-state index contributed by atoms with van der Waals surface area (Å²) in [4.78, 5) is 0. The first-order chi connectivity index (χ1) is 8.67. The molecule has 0 bridgehead atoms. The predicted octanol–water partition coefficient (Wildman–Crippen LogP) is 4.20. The highest BCUT2D eigenvalue weighted by molar-refractivity contribution is 5.25. The molecule has 1 aromatic carbocycles. The number of nitrogens with one attached hydrogen (secondary N) is 1. The molecule has 0 spiro atoms. The Morgan fingerprint density at radius 1 is 1.22 bits per heavy atom. The minimum Gasteiger partial charge on any atom is -0.319 e. The van der Waals surface area contributed by atoms with Crippen LogP contribution in [-0.2, 0) is 6.42 Å². The maximum atomic E-state index is 3.35. The van der Waals surface area contributed by atoms with Crippen molar-refractivity contribution in [1.82, 2.24) is 5.32 Å². The van der Waals surface area contributed by atoms with Crippen LogP contribution in [0.15, 0.2) is 24.3 Å². The Hall–Kier alpha value is -0.820. The summed E-state index contributed by atoms with van der Waals surface area (Å²) in [6.07, 6.45) is 5.20. The van der Waals surface area contributed by atoms with Crippen LogP contribution in [0.5, 0.6) is 0 Å². The highest BCUT2D eigenvalue weighted by Crippen LogP contribution is 2.21. The third-order valence-electron chi connectivity index (χ3n) is 3.78. The van der Waals surface area contributed by atoms with Crippen molar-refractivity contribution in [2.75, 3.05) is 13.6 Å². The molecule has 18 heavy (non-hydrogen) atoms. The lowest BCUT2D eigenvalue weighted by Gasteiger charge is -2.21. The molecule has 1 nitrogen and oxygen atoms in total. The van der Waals surface area contributed by atoms with Crippen molar-refractivity contribution in [3.63, 3.8) is 0 Å². The van der Waals surface area contributed by atoms with Gasteiger partial charge in [0.15, 0.2) is 0 Å². The first-order valence-corrected chi connectivity index (χ1v) is 7.36. The third-order valence-corrected chi connectivity index (χ3v) is 3.78. The minimum atomic E-state index is 0.762. The molecular formula is C17H29N. The van der Waals surface area contributed by atoms with Gasteiger partial charge in [-0.15, -0.1) is 0 Å². The lowest BCUT2D eigenvalue weighted by atomic mass is 9.87. The van der Waals surface area contributed by atoms with Crippen LogP contribution in [0.2, 0.25) is 0 Å². The molecule has 0 aromatic heterocycles. The van der Waals surface area contributed by atoms with E-state index in [-0.39, 0.29) is 0 Å². The highest BCUT2D eigenvalue weighted by Gasteiger charge is 2.13. The molecule has 0 aliphatic rings.